The Labute approximate surface area is 85.9 Å². The van der Waals surface area contributed by atoms with Crippen molar-refractivity contribution in [3.63, 3.8) is 0 Å². The van der Waals surface area contributed by atoms with Crippen molar-refractivity contribution >= 4 is 27.3 Å². The van der Waals surface area contributed by atoms with Crippen LogP contribution in [0.15, 0.2) is 15.9 Å². The molecule has 0 atom stereocenters. The van der Waals surface area contributed by atoms with E-state index in [4.69, 9.17) is 4.74 Å². The van der Waals surface area contributed by atoms with Crippen LogP contribution >= 0.6 is 27.3 Å². The average molecular weight is 249 g/mol. The summed E-state index contributed by atoms with van der Waals surface area (Å²) in [6.07, 6.45) is 0. The molecule has 1 rings (SSSR count). The van der Waals surface area contributed by atoms with Gasteiger partial charge in [-0.25, -0.2) is 0 Å². The molecule has 0 aliphatic heterocycles. The zero-order chi connectivity index (χ0) is 9.19. The largest absolute Gasteiger partial charge is 0.370 e. The van der Waals surface area contributed by atoms with E-state index in [0.29, 0.717) is 6.61 Å². The first-order chi connectivity index (χ1) is 5.47. The topological polar surface area (TPSA) is 9.23 Å². The van der Waals surface area contributed by atoms with E-state index in [2.05, 4.69) is 48.1 Å². The van der Waals surface area contributed by atoms with Crippen molar-refractivity contribution in [1.82, 2.24) is 0 Å². The molecule has 0 aliphatic carbocycles. The molecule has 1 heterocycles. The van der Waals surface area contributed by atoms with E-state index in [1.165, 1.54) is 4.88 Å². The van der Waals surface area contributed by atoms with Gasteiger partial charge in [0, 0.05) is 14.7 Å². The van der Waals surface area contributed by atoms with Gasteiger partial charge in [0.15, 0.2) is 0 Å². The highest BCUT2D eigenvalue weighted by atomic mass is 79.9. The predicted molar refractivity (Wildman–Crippen MR) is 56.6 cm³/mol. The summed E-state index contributed by atoms with van der Waals surface area (Å²) in [6.45, 7) is 6.90. The fourth-order valence-electron chi connectivity index (χ4n) is 0.717. The molecule has 0 aliphatic rings. The van der Waals surface area contributed by atoms with Crippen molar-refractivity contribution in [1.29, 1.82) is 0 Å². The molecule has 0 bridgehead atoms. The Morgan fingerprint density at radius 3 is 2.58 bits per heavy atom. The zero-order valence-corrected chi connectivity index (χ0v) is 9.96. The van der Waals surface area contributed by atoms with Gasteiger partial charge in [-0.3, -0.25) is 0 Å². The van der Waals surface area contributed by atoms with E-state index in [-0.39, 0.29) is 5.60 Å². The van der Waals surface area contributed by atoms with Crippen molar-refractivity contribution in [2.75, 3.05) is 0 Å². The molecule has 0 saturated carbocycles. The van der Waals surface area contributed by atoms with Gasteiger partial charge in [0.25, 0.3) is 0 Å². The minimum Gasteiger partial charge on any atom is -0.370 e. The molecule has 12 heavy (non-hydrogen) atoms. The van der Waals surface area contributed by atoms with Gasteiger partial charge in [-0.1, -0.05) is 0 Å². The molecule has 0 unspecified atom stereocenters. The van der Waals surface area contributed by atoms with Crippen LogP contribution in [0.2, 0.25) is 0 Å². The molecule has 0 radical (unpaired) electrons. The molecule has 1 aromatic heterocycles. The molecule has 0 aromatic carbocycles. The first-order valence-electron chi connectivity index (χ1n) is 3.84. The Hall–Kier alpha value is 0.140. The summed E-state index contributed by atoms with van der Waals surface area (Å²) in [5.41, 5.74) is -0.0452. The van der Waals surface area contributed by atoms with Crippen LogP contribution in [0.1, 0.15) is 25.6 Å². The van der Waals surface area contributed by atoms with E-state index in [1.54, 1.807) is 11.3 Å². The van der Waals surface area contributed by atoms with Crippen LogP contribution in [-0.4, -0.2) is 5.60 Å². The Bertz CT molecular complexity index is 249. The summed E-state index contributed by atoms with van der Waals surface area (Å²) in [6, 6.07) is 2.09. The number of hydrogen-bond acceptors (Lipinski definition) is 2. The minimum absolute atomic E-state index is 0.0452. The van der Waals surface area contributed by atoms with E-state index in [9.17, 15) is 0 Å². The lowest BCUT2D eigenvalue weighted by Gasteiger charge is -2.18. The number of ether oxygens (including phenoxy) is 1. The maximum Gasteiger partial charge on any atom is 0.0816 e. The van der Waals surface area contributed by atoms with Crippen molar-refractivity contribution < 1.29 is 4.74 Å². The van der Waals surface area contributed by atoms with E-state index >= 15 is 0 Å². The van der Waals surface area contributed by atoms with Gasteiger partial charge in [0.1, 0.15) is 0 Å². The van der Waals surface area contributed by atoms with E-state index in [0.717, 1.165) is 4.47 Å². The lowest BCUT2D eigenvalue weighted by Crippen LogP contribution is -2.18. The molecule has 68 valence electrons. The SMILES string of the molecule is CC(C)(C)OCc1cc(Br)cs1. The van der Waals surface area contributed by atoms with Crippen molar-refractivity contribution in [2.45, 2.75) is 33.0 Å². The second kappa shape index (κ2) is 3.90. The average Bonchev–Trinajstić information content (AvgIpc) is 2.30. The summed E-state index contributed by atoms with van der Waals surface area (Å²) < 4.78 is 6.76. The normalized spacial score (nSPS) is 12.0. The molecule has 1 aromatic rings. The van der Waals surface area contributed by atoms with Gasteiger partial charge in [-0.05, 0) is 42.8 Å². The van der Waals surface area contributed by atoms with Crippen molar-refractivity contribution in [3.05, 3.63) is 20.8 Å². The van der Waals surface area contributed by atoms with Crippen LogP contribution in [0.5, 0.6) is 0 Å². The Balaban J connectivity index is 2.44. The van der Waals surface area contributed by atoms with Crippen LogP contribution in [-0.2, 0) is 11.3 Å². The monoisotopic (exact) mass is 248 g/mol. The quantitative estimate of drug-likeness (QED) is 0.774. The second-order valence-electron chi connectivity index (χ2n) is 3.63. The third-order valence-corrected chi connectivity index (χ3v) is 2.94. The third-order valence-electron chi connectivity index (χ3n) is 1.27. The van der Waals surface area contributed by atoms with Gasteiger partial charge in [0.05, 0.1) is 12.2 Å². The fraction of sp³-hybridized carbons (Fsp3) is 0.556. The molecule has 0 spiro atoms. The van der Waals surface area contributed by atoms with Gasteiger partial charge in [-0.2, -0.15) is 0 Å². The Morgan fingerprint density at radius 1 is 1.50 bits per heavy atom. The molecular formula is C9H13BrOS. The number of thiophene rings is 1. The first-order valence-corrected chi connectivity index (χ1v) is 5.51. The van der Waals surface area contributed by atoms with Gasteiger partial charge >= 0.3 is 0 Å². The van der Waals surface area contributed by atoms with Crippen molar-refractivity contribution in [3.8, 4) is 0 Å². The van der Waals surface area contributed by atoms with Crippen LogP contribution in [0, 0.1) is 0 Å². The predicted octanol–water partition coefficient (Wildman–Crippen LogP) is 3.83. The lowest BCUT2D eigenvalue weighted by molar-refractivity contribution is -0.0136. The van der Waals surface area contributed by atoms with E-state index < -0.39 is 0 Å². The second-order valence-corrected chi connectivity index (χ2v) is 5.54. The maximum atomic E-state index is 5.62. The molecule has 0 N–H and O–H groups in total. The van der Waals surface area contributed by atoms with Gasteiger partial charge < -0.3 is 4.74 Å². The highest BCUT2D eigenvalue weighted by Gasteiger charge is 2.10. The Morgan fingerprint density at radius 2 is 2.17 bits per heavy atom. The molecule has 1 nitrogen and oxygen atoms in total. The molecule has 0 saturated heterocycles. The molecule has 0 fully saturated rings. The van der Waals surface area contributed by atoms with Crippen LogP contribution in [0.4, 0.5) is 0 Å². The third kappa shape index (κ3) is 3.70. The molecule has 0 amide bonds. The fourth-order valence-corrected chi connectivity index (χ4v) is 2.08. The van der Waals surface area contributed by atoms with Crippen LogP contribution < -0.4 is 0 Å². The summed E-state index contributed by atoms with van der Waals surface area (Å²) in [5, 5.41) is 2.07. The highest BCUT2D eigenvalue weighted by molar-refractivity contribution is 9.10. The smallest absolute Gasteiger partial charge is 0.0816 e. The maximum absolute atomic E-state index is 5.62. The first kappa shape index (κ1) is 10.2. The molecule has 3 heteroatoms. The summed E-state index contributed by atoms with van der Waals surface area (Å²) in [4.78, 5) is 1.26. The van der Waals surface area contributed by atoms with Crippen molar-refractivity contribution in [2.24, 2.45) is 0 Å². The summed E-state index contributed by atoms with van der Waals surface area (Å²) in [5.74, 6) is 0. The summed E-state index contributed by atoms with van der Waals surface area (Å²) in [7, 11) is 0. The Kier molecular flexibility index (Phi) is 3.32. The van der Waals surface area contributed by atoms with Gasteiger partial charge in [-0.15, -0.1) is 11.3 Å². The number of hydrogen-bond donors (Lipinski definition) is 0. The van der Waals surface area contributed by atoms with Gasteiger partial charge in [0.2, 0.25) is 0 Å². The number of halogens is 1. The summed E-state index contributed by atoms with van der Waals surface area (Å²) >= 11 is 5.13. The number of rotatable bonds is 2. The van der Waals surface area contributed by atoms with E-state index in [1.807, 2.05) is 0 Å². The highest BCUT2D eigenvalue weighted by Crippen LogP contribution is 2.22. The standard InChI is InChI=1S/C9H13BrOS/c1-9(2,3)11-5-8-4-7(10)6-12-8/h4,6H,5H2,1-3H3. The van der Waals surface area contributed by atoms with Crippen LogP contribution in [0.3, 0.4) is 0 Å². The zero-order valence-electron chi connectivity index (χ0n) is 7.56. The minimum atomic E-state index is -0.0452. The lowest BCUT2D eigenvalue weighted by atomic mass is 10.2. The molecular weight excluding hydrogens is 236 g/mol. The van der Waals surface area contributed by atoms with Crippen LogP contribution in [0.25, 0.3) is 0 Å².